The highest BCUT2D eigenvalue weighted by Crippen LogP contribution is 2.25. The molecule has 158 valence electrons. The van der Waals surface area contributed by atoms with Gasteiger partial charge in [0.15, 0.2) is 18.2 Å². The Morgan fingerprint density at radius 1 is 1.03 bits per heavy atom. The van der Waals surface area contributed by atoms with Crippen LogP contribution in [0, 0.1) is 6.92 Å². The second-order valence-corrected chi connectivity index (χ2v) is 7.73. The van der Waals surface area contributed by atoms with Gasteiger partial charge in [0, 0.05) is 12.4 Å². The number of carbonyl (C=O) groups is 1. The van der Waals surface area contributed by atoms with Crippen molar-refractivity contribution in [3.8, 4) is 5.75 Å². The van der Waals surface area contributed by atoms with Crippen LogP contribution in [0.1, 0.15) is 21.6 Å². The molecule has 0 spiro atoms. The van der Waals surface area contributed by atoms with E-state index in [-0.39, 0.29) is 18.2 Å². The van der Waals surface area contributed by atoms with Crippen molar-refractivity contribution >= 4 is 34.9 Å². The highest BCUT2D eigenvalue weighted by atomic mass is 35.5. The van der Waals surface area contributed by atoms with Crippen molar-refractivity contribution in [1.82, 2.24) is 19.6 Å². The number of hydrogen-bond donors (Lipinski definition) is 1. The quantitative estimate of drug-likeness (QED) is 0.423. The van der Waals surface area contributed by atoms with Crippen molar-refractivity contribution in [2.45, 2.75) is 20.2 Å². The first-order valence-corrected chi connectivity index (χ1v) is 10.2. The molecule has 0 aliphatic carbocycles. The molecule has 31 heavy (non-hydrogen) atoms. The van der Waals surface area contributed by atoms with Gasteiger partial charge in [0.05, 0.1) is 11.6 Å². The minimum Gasteiger partial charge on any atom is -0.470 e. The maximum Gasteiger partial charge on any atom is 0.277 e. The predicted octanol–water partition coefficient (Wildman–Crippen LogP) is 5.03. The molecule has 4 aromatic rings. The molecule has 7 nitrogen and oxygen atoms in total. The number of carbonyl (C=O) groups excluding carboxylic acids is 1. The number of anilines is 1. The number of rotatable bonds is 7. The lowest BCUT2D eigenvalue weighted by molar-refractivity contribution is 0.101. The number of nitrogens with one attached hydrogen (secondary N) is 1. The monoisotopic (exact) mass is 455 g/mol. The van der Waals surface area contributed by atoms with Crippen LogP contribution in [0.5, 0.6) is 5.75 Å². The molecule has 0 saturated heterocycles. The van der Waals surface area contributed by atoms with Gasteiger partial charge in [-0.2, -0.15) is 10.2 Å². The highest BCUT2D eigenvalue weighted by Gasteiger charge is 2.15. The fourth-order valence-corrected chi connectivity index (χ4v) is 3.29. The van der Waals surface area contributed by atoms with Gasteiger partial charge in [0.25, 0.3) is 5.91 Å². The molecule has 0 aliphatic heterocycles. The molecule has 1 N–H and O–H groups in total. The van der Waals surface area contributed by atoms with E-state index in [1.54, 1.807) is 29.2 Å². The molecule has 0 unspecified atom stereocenters. The molecule has 4 rings (SSSR count). The second-order valence-electron chi connectivity index (χ2n) is 6.91. The van der Waals surface area contributed by atoms with Gasteiger partial charge < -0.3 is 10.1 Å². The molecule has 0 fully saturated rings. The number of nitrogens with zero attached hydrogens (tertiary/aromatic N) is 4. The van der Waals surface area contributed by atoms with Crippen molar-refractivity contribution < 1.29 is 9.53 Å². The minimum absolute atomic E-state index is 0.114. The topological polar surface area (TPSA) is 74.0 Å². The molecule has 0 radical (unpaired) electrons. The van der Waals surface area contributed by atoms with E-state index >= 15 is 0 Å². The van der Waals surface area contributed by atoms with Crippen LogP contribution in [0.25, 0.3) is 0 Å². The minimum atomic E-state index is -0.417. The van der Waals surface area contributed by atoms with Crippen molar-refractivity contribution in [2.24, 2.45) is 0 Å². The van der Waals surface area contributed by atoms with Gasteiger partial charge in [0.1, 0.15) is 10.8 Å². The Labute approximate surface area is 189 Å². The molecule has 0 aliphatic rings. The van der Waals surface area contributed by atoms with Gasteiger partial charge in [-0.3, -0.25) is 9.48 Å². The zero-order valence-electron chi connectivity index (χ0n) is 16.6. The molecule has 2 aromatic heterocycles. The first kappa shape index (κ1) is 21.0. The van der Waals surface area contributed by atoms with Gasteiger partial charge in [0.2, 0.25) is 0 Å². The Hall–Kier alpha value is -3.29. The average Bonchev–Trinajstić information content (AvgIpc) is 3.36. The van der Waals surface area contributed by atoms with E-state index in [4.69, 9.17) is 27.9 Å². The number of aryl methyl sites for hydroxylation is 1. The van der Waals surface area contributed by atoms with Gasteiger partial charge in [-0.05, 0) is 36.2 Å². The number of aromatic nitrogens is 4. The summed E-state index contributed by atoms with van der Waals surface area (Å²) in [7, 11) is 0. The Kier molecular flexibility index (Phi) is 6.25. The van der Waals surface area contributed by atoms with E-state index in [2.05, 4.69) is 15.5 Å². The summed E-state index contributed by atoms with van der Waals surface area (Å²) in [6.07, 6.45) is 3.32. The summed E-state index contributed by atoms with van der Waals surface area (Å²) < 4.78 is 8.87. The Morgan fingerprint density at radius 3 is 2.65 bits per heavy atom. The smallest absolute Gasteiger partial charge is 0.277 e. The number of ether oxygens (including phenoxy) is 1. The van der Waals surface area contributed by atoms with Crippen LogP contribution in [0.4, 0.5) is 5.82 Å². The molecule has 9 heteroatoms. The van der Waals surface area contributed by atoms with Crippen LogP contribution in [-0.2, 0) is 13.3 Å². The van der Waals surface area contributed by atoms with Crippen LogP contribution in [0.15, 0.2) is 67.0 Å². The maximum absolute atomic E-state index is 12.6. The number of benzene rings is 2. The normalized spacial score (nSPS) is 10.8. The third-order valence-electron chi connectivity index (χ3n) is 4.45. The Balaban J connectivity index is 1.38. The maximum atomic E-state index is 12.6. The number of hydrogen-bond acceptors (Lipinski definition) is 4. The van der Waals surface area contributed by atoms with E-state index in [0.717, 1.165) is 11.1 Å². The first-order valence-electron chi connectivity index (χ1n) is 9.48. The molecule has 0 atom stereocenters. The standard InChI is InChI=1S/C22H19Cl2N5O2/c1-15-7-8-17(23)20(11-15)31-14-28-10-9-19(26-28)22(30)25-21-18(24)13-29(27-21)12-16-5-3-2-4-6-16/h2-11,13H,12,14H2,1H3,(H,25,27,30). The summed E-state index contributed by atoms with van der Waals surface area (Å²) in [6.45, 7) is 2.61. The Bertz CT molecular complexity index is 1200. The lowest BCUT2D eigenvalue weighted by Gasteiger charge is -2.08. The third kappa shape index (κ3) is 5.25. The molecule has 2 aromatic carbocycles. The van der Waals surface area contributed by atoms with Gasteiger partial charge >= 0.3 is 0 Å². The zero-order chi connectivity index (χ0) is 21.8. The molecule has 0 bridgehead atoms. The van der Waals surface area contributed by atoms with Crippen molar-refractivity contribution in [1.29, 1.82) is 0 Å². The Morgan fingerprint density at radius 2 is 1.84 bits per heavy atom. The summed E-state index contributed by atoms with van der Waals surface area (Å²) in [5.74, 6) is 0.415. The average molecular weight is 456 g/mol. The molecule has 1 amide bonds. The summed E-state index contributed by atoms with van der Waals surface area (Å²) in [4.78, 5) is 12.6. The van der Waals surface area contributed by atoms with E-state index in [0.29, 0.717) is 22.3 Å². The lowest BCUT2D eigenvalue weighted by Crippen LogP contribution is -2.15. The van der Waals surface area contributed by atoms with Crippen molar-refractivity contribution in [2.75, 3.05) is 5.32 Å². The number of amides is 1. The summed E-state index contributed by atoms with van der Waals surface area (Å²) in [5.41, 5.74) is 2.32. The van der Waals surface area contributed by atoms with Gasteiger partial charge in [-0.15, -0.1) is 0 Å². The molecular weight excluding hydrogens is 437 g/mol. The second kappa shape index (κ2) is 9.24. The molecule has 0 saturated carbocycles. The van der Waals surface area contributed by atoms with Crippen LogP contribution in [0.2, 0.25) is 10.0 Å². The fourth-order valence-electron chi connectivity index (χ4n) is 2.92. The van der Waals surface area contributed by atoms with Crippen LogP contribution < -0.4 is 10.1 Å². The van der Waals surface area contributed by atoms with Gasteiger partial charge in [-0.1, -0.05) is 59.6 Å². The predicted molar refractivity (Wildman–Crippen MR) is 120 cm³/mol. The summed E-state index contributed by atoms with van der Waals surface area (Å²) >= 11 is 12.4. The van der Waals surface area contributed by atoms with Crippen LogP contribution in [-0.4, -0.2) is 25.5 Å². The lowest BCUT2D eigenvalue weighted by atomic mass is 10.2. The summed E-state index contributed by atoms with van der Waals surface area (Å²) in [5, 5.41) is 12.1. The summed E-state index contributed by atoms with van der Waals surface area (Å²) in [6, 6.07) is 16.9. The van der Waals surface area contributed by atoms with Crippen molar-refractivity contribution in [3.63, 3.8) is 0 Å². The van der Waals surface area contributed by atoms with Gasteiger partial charge in [-0.25, -0.2) is 4.68 Å². The zero-order valence-corrected chi connectivity index (χ0v) is 18.1. The molecular formula is C22H19Cl2N5O2. The SMILES string of the molecule is Cc1ccc(Cl)c(OCn2ccc(C(=O)Nc3nn(Cc4ccccc4)cc3Cl)n2)c1. The van der Waals surface area contributed by atoms with Crippen LogP contribution in [0.3, 0.4) is 0 Å². The first-order chi connectivity index (χ1) is 15.0. The highest BCUT2D eigenvalue weighted by molar-refractivity contribution is 6.33. The number of halogens is 2. The fraction of sp³-hybridized carbons (Fsp3) is 0.136. The third-order valence-corrected chi connectivity index (χ3v) is 5.04. The van der Waals surface area contributed by atoms with E-state index in [1.165, 1.54) is 4.68 Å². The van der Waals surface area contributed by atoms with Crippen LogP contribution >= 0.6 is 23.2 Å². The van der Waals surface area contributed by atoms with E-state index in [9.17, 15) is 4.79 Å². The molecule has 2 heterocycles. The van der Waals surface area contributed by atoms with E-state index in [1.807, 2.05) is 49.4 Å². The van der Waals surface area contributed by atoms with E-state index < -0.39 is 5.91 Å². The van der Waals surface area contributed by atoms with Crippen molar-refractivity contribution in [3.05, 3.63) is 93.9 Å². The largest absolute Gasteiger partial charge is 0.470 e.